The van der Waals surface area contributed by atoms with Crippen LogP contribution >= 0.6 is 23.2 Å². The molecule has 0 aliphatic heterocycles. The van der Waals surface area contributed by atoms with Crippen molar-refractivity contribution in [2.45, 2.75) is 6.92 Å². The zero-order valence-electron chi connectivity index (χ0n) is 18.9. The number of carbonyl (C=O) groups is 3. The van der Waals surface area contributed by atoms with E-state index in [0.717, 1.165) is 16.3 Å². The SMILES string of the molecule is Cc1ccc(C(=O)Oc2ccc3ccccc3c2/C=N\NC(=O)C(=O)Nc2cc(Cl)ccc2Cl)cc1. The van der Waals surface area contributed by atoms with Crippen molar-refractivity contribution < 1.29 is 19.1 Å². The molecule has 0 aliphatic rings. The number of nitrogens with one attached hydrogen (secondary N) is 2. The molecular weight excluding hydrogens is 501 g/mol. The Morgan fingerprint density at radius 3 is 2.42 bits per heavy atom. The molecule has 0 bridgehead atoms. The number of ether oxygens (including phenoxy) is 1. The average molecular weight is 520 g/mol. The van der Waals surface area contributed by atoms with E-state index in [9.17, 15) is 14.4 Å². The van der Waals surface area contributed by atoms with Crippen molar-refractivity contribution in [3.8, 4) is 5.75 Å². The normalized spacial score (nSPS) is 10.9. The topological polar surface area (TPSA) is 96.9 Å². The number of hydrazone groups is 1. The monoisotopic (exact) mass is 519 g/mol. The van der Waals surface area contributed by atoms with Gasteiger partial charge in [-0.05, 0) is 54.1 Å². The van der Waals surface area contributed by atoms with Crippen LogP contribution in [-0.4, -0.2) is 24.0 Å². The third kappa shape index (κ3) is 5.89. The van der Waals surface area contributed by atoms with Crippen molar-refractivity contribution in [2.75, 3.05) is 5.32 Å². The van der Waals surface area contributed by atoms with Crippen molar-refractivity contribution in [3.05, 3.63) is 106 Å². The molecule has 0 atom stereocenters. The summed E-state index contributed by atoms with van der Waals surface area (Å²) in [7, 11) is 0. The van der Waals surface area contributed by atoms with Crippen LogP contribution in [0.1, 0.15) is 21.5 Å². The molecule has 0 heterocycles. The summed E-state index contributed by atoms with van der Waals surface area (Å²) in [6.07, 6.45) is 1.32. The molecule has 0 unspecified atom stereocenters. The predicted octanol–water partition coefficient (Wildman–Crippen LogP) is 5.76. The molecule has 4 rings (SSSR count). The van der Waals surface area contributed by atoms with Gasteiger partial charge in [-0.15, -0.1) is 0 Å². The first-order valence-electron chi connectivity index (χ1n) is 10.7. The standard InChI is InChI=1S/C27H19Cl2N3O4/c1-16-6-8-18(9-7-16)27(35)36-24-13-10-17-4-2-3-5-20(17)21(24)15-30-32-26(34)25(33)31-23-14-19(28)11-12-22(23)29/h2-15H,1H3,(H,31,33)(H,32,34)/b30-15-. The van der Waals surface area contributed by atoms with Gasteiger partial charge in [-0.1, -0.05) is 71.2 Å². The van der Waals surface area contributed by atoms with E-state index in [1.54, 1.807) is 24.3 Å². The van der Waals surface area contributed by atoms with Crippen LogP contribution in [0.4, 0.5) is 5.69 Å². The molecule has 0 saturated heterocycles. The summed E-state index contributed by atoms with van der Waals surface area (Å²) in [6, 6.07) is 22.3. The second kappa shape index (κ2) is 11.0. The van der Waals surface area contributed by atoms with E-state index in [2.05, 4.69) is 15.8 Å². The molecule has 9 heteroatoms. The first-order valence-corrected chi connectivity index (χ1v) is 11.5. The highest BCUT2D eigenvalue weighted by atomic mass is 35.5. The second-order valence-corrected chi connectivity index (χ2v) is 8.58. The first-order chi connectivity index (χ1) is 17.3. The molecule has 0 aromatic heterocycles. The van der Waals surface area contributed by atoms with Crippen LogP contribution in [-0.2, 0) is 9.59 Å². The maximum atomic E-state index is 12.7. The summed E-state index contributed by atoms with van der Waals surface area (Å²) in [5.74, 6) is -2.31. The van der Waals surface area contributed by atoms with E-state index in [0.29, 0.717) is 16.1 Å². The zero-order valence-corrected chi connectivity index (χ0v) is 20.4. The highest BCUT2D eigenvalue weighted by molar-refractivity contribution is 6.42. The van der Waals surface area contributed by atoms with Gasteiger partial charge in [0.25, 0.3) is 0 Å². The van der Waals surface area contributed by atoms with Gasteiger partial charge in [0.15, 0.2) is 0 Å². The largest absolute Gasteiger partial charge is 0.422 e. The number of hydrogen-bond donors (Lipinski definition) is 2. The Hall–Kier alpha value is -4.20. The molecule has 180 valence electrons. The maximum absolute atomic E-state index is 12.7. The Kier molecular flexibility index (Phi) is 7.63. The molecule has 0 aliphatic carbocycles. The number of fused-ring (bicyclic) bond motifs is 1. The van der Waals surface area contributed by atoms with Gasteiger partial charge in [0.05, 0.1) is 22.5 Å². The van der Waals surface area contributed by atoms with Gasteiger partial charge in [-0.25, -0.2) is 10.2 Å². The smallest absolute Gasteiger partial charge is 0.343 e. The number of amides is 2. The summed E-state index contributed by atoms with van der Waals surface area (Å²) in [6.45, 7) is 1.92. The quantitative estimate of drug-likeness (QED) is 0.115. The molecular formula is C27H19Cl2N3O4. The van der Waals surface area contributed by atoms with E-state index in [-0.39, 0.29) is 16.5 Å². The molecule has 0 radical (unpaired) electrons. The van der Waals surface area contributed by atoms with Gasteiger partial charge in [0.1, 0.15) is 5.75 Å². The van der Waals surface area contributed by atoms with Gasteiger partial charge in [0, 0.05) is 10.6 Å². The molecule has 0 saturated carbocycles. The van der Waals surface area contributed by atoms with Crippen molar-refractivity contribution >= 4 is 63.7 Å². The number of anilines is 1. The van der Waals surface area contributed by atoms with Crippen molar-refractivity contribution in [1.82, 2.24) is 5.43 Å². The van der Waals surface area contributed by atoms with Gasteiger partial charge in [-0.3, -0.25) is 9.59 Å². The fraction of sp³-hybridized carbons (Fsp3) is 0.0370. The minimum atomic E-state index is -1.03. The van der Waals surface area contributed by atoms with Gasteiger partial charge < -0.3 is 10.1 Å². The Labute approximate surface area is 216 Å². The maximum Gasteiger partial charge on any atom is 0.343 e. The molecule has 4 aromatic rings. The van der Waals surface area contributed by atoms with E-state index in [4.69, 9.17) is 27.9 Å². The number of hydrogen-bond acceptors (Lipinski definition) is 5. The van der Waals surface area contributed by atoms with E-state index >= 15 is 0 Å². The minimum Gasteiger partial charge on any atom is -0.422 e. The predicted molar refractivity (Wildman–Crippen MR) is 141 cm³/mol. The third-order valence-corrected chi connectivity index (χ3v) is 5.73. The Bertz CT molecular complexity index is 1500. The Morgan fingerprint density at radius 1 is 0.889 bits per heavy atom. The van der Waals surface area contributed by atoms with E-state index in [1.165, 1.54) is 18.3 Å². The third-order valence-electron chi connectivity index (χ3n) is 5.16. The number of aryl methyl sites for hydroxylation is 1. The lowest BCUT2D eigenvalue weighted by molar-refractivity contribution is -0.136. The highest BCUT2D eigenvalue weighted by Crippen LogP contribution is 2.28. The molecule has 2 N–H and O–H groups in total. The minimum absolute atomic E-state index is 0.188. The summed E-state index contributed by atoms with van der Waals surface area (Å²) in [5, 5.41) is 8.46. The lowest BCUT2D eigenvalue weighted by Crippen LogP contribution is -2.32. The molecule has 2 amide bonds. The summed E-state index contributed by atoms with van der Waals surface area (Å²) in [4.78, 5) is 37.2. The second-order valence-electron chi connectivity index (χ2n) is 7.73. The molecule has 4 aromatic carbocycles. The van der Waals surface area contributed by atoms with Crippen LogP contribution < -0.4 is 15.5 Å². The zero-order chi connectivity index (χ0) is 25.7. The Balaban J connectivity index is 1.54. The molecule has 7 nitrogen and oxygen atoms in total. The van der Waals surface area contributed by atoms with E-state index in [1.807, 2.05) is 49.4 Å². The van der Waals surface area contributed by atoms with Crippen LogP contribution in [0.5, 0.6) is 5.75 Å². The average Bonchev–Trinajstić information content (AvgIpc) is 2.87. The summed E-state index contributed by atoms with van der Waals surface area (Å²) >= 11 is 11.9. The van der Waals surface area contributed by atoms with Crippen LogP contribution in [0, 0.1) is 6.92 Å². The van der Waals surface area contributed by atoms with Crippen molar-refractivity contribution in [3.63, 3.8) is 0 Å². The number of esters is 1. The van der Waals surface area contributed by atoms with Gasteiger partial charge >= 0.3 is 17.8 Å². The molecule has 36 heavy (non-hydrogen) atoms. The van der Waals surface area contributed by atoms with Crippen molar-refractivity contribution in [1.29, 1.82) is 0 Å². The van der Waals surface area contributed by atoms with E-state index < -0.39 is 17.8 Å². The lowest BCUT2D eigenvalue weighted by atomic mass is 10.0. The van der Waals surface area contributed by atoms with Crippen LogP contribution in [0.3, 0.4) is 0 Å². The molecule has 0 spiro atoms. The van der Waals surface area contributed by atoms with Gasteiger partial charge in [0.2, 0.25) is 0 Å². The Morgan fingerprint density at radius 2 is 1.64 bits per heavy atom. The number of rotatable bonds is 5. The van der Waals surface area contributed by atoms with Crippen LogP contribution in [0.2, 0.25) is 10.0 Å². The fourth-order valence-electron chi connectivity index (χ4n) is 3.32. The summed E-state index contributed by atoms with van der Waals surface area (Å²) in [5.41, 5.74) is 4.22. The first kappa shape index (κ1) is 24.9. The number of benzene rings is 4. The van der Waals surface area contributed by atoms with Crippen LogP contribution in [0.15, 0.2) is 84.0 Å². The fourth-order valence-corrected chi connectivity index (χ4v) is 3.66. The van der Waals surface area contributed by atoms with Gasteiger partial charge in [-0.2, -0.15) is 5.10 Å². The summed E-state index contributed by atoms with van der Waals surface area (Å²) < 4.78 is 5.64. The van der Waals surface area contributed by atoms with Crippen LogP contribution in [0.25, 0.3) is 10.8 Å². The molecule has 0 fully saturated rings. The highest BCUT2D eigenvalue weighted by Gasteiger charge is 2.16. The van der Waals surface area contributed by atoms with Crippen molar-refractivity contribution in [2.24, 2.45) is 5.10 Å². The number of halogens is 2. The number of nitrogens with zero attached hydrogens (tertiary/aromatic N) is 1. The number of carbonyl (C=O) groups excluding carboxylic acids is 3. The lowest BCUT2D eigenvalue weighted by Gasteiger charge is -2.11.